The standard InChI is InChI=1S/C21H28N6O.2C2HF3O2/c1-2-18-17-5-3-4-6-19(17)27(24-18)21-23-20(28-25-21)15-9-13-26(14-10-15)16-7-11-22-12-8-16;2*3-2(4,5)1(6)7/h3-6,15-16,22H,2,7-14H2,1H3;2*(H,6,7). The Morgan fingerprint density at radius 3 is 2.05 bits per heavy atom. The third-order valence-corrected chi connectivity index (χ3v) is 6.81. The van der Waals surface area contributed by atoms with E-state index in [9.17, 15) is 26.3 Å². The number of aliphatic carboxylic acids is 2. The number of hydrogen-bond donors (Lipinski definition) is 3. The molecule has 2 saturated heterocycles. The van der Waals surface area contributed by atoms with E-state index in [-0.39, 0.29) is 0 Å². The molecule has 0 bridgehead atoms. The Morgan fingerprint density at radius 2 is 1.52 bits per heavy atom. The molecule has 2 aliphatic heterocycles. The van der Waals surface area contributed by atoms with Crippen molar-refractivity contribution in [1.29, 1.82) is 0 Å². The molecule has 2 fully saturated rings. The van der Waals surface area contributed by atoms with Gasteiger partial charge in [0.15, 0.2) is 0 Å². The van der Waals surface area contributed by atoms with Crippen LogP contribution in [-0.2, 0) is 16.0 Å². The number of rotatable bonds is 4. The molecule has 0 unspecified atom stereocenters. The average Bonchev–Trinajstić information content (AvgIpc) is 3.58. The molecule has 0 radical (unpaired) electrons. The Bertz CT molecular complexity index is 1300. The van der Waals surface area contributed by atoms with E-state index in [0.29, 0.717) is 11.9 Å². The Labute approximate surface area is 235 Å². The third-order valence-electron chi connectivity index (χ3n) is 6.81. The second kappa shape index (κ2) is 14.0. The van der Waals surface area contributed by atoms with E-state index in [1.54, 1.807) is 0 Å². The van der Waals surface area contributed by atoms with Gasteiger partial charge in [-0.25, -0.2) is 9.59 Å². The summed E-state index contributed by atoms with van der Waals surface area (Å²) in [5.41, 5.74) is 2.10. The van der Waals surface area contributed by atoms with Crippen molar-refractivity contribution in [2.24, 2.45) is 0 Å². The minimum Gasteiger partial charge on any atom is -0.475 e. The van der Waals surface area contributed by atoms with Crippen LogP contribution in [0.2, 0.25) is 0 Å². The minimum atomic E-state index is -5.08. The van der Waals surface area contributed by atoms with E-state index in [1.807, 2.05) is 16.8 Å². The van der Waals surface area contributed by atoms with Crippen LogP contribution in [0.5, 0.6) is 0 Å². The maximum absolute atomic E-state index is 10.6. The lowest BCUT2D eigenvalue weighted by Crippen LogP contribution is -2.46. The fourth-order valence-electron chi connectivity index (χ4n) is 4.71. The van der Waals surface area contributed by atoms with Crippen LogP contribution in [0.4, 0.5) is 26.3 Å². The van der Waals surface area contributed by atoms with E-state index < -0.39 is 24.3 Å². The lowest BCUT2D eigenvalue weighted by atomic mass is 9.94. The lowest BCUT2D eigenvalue weighted by molar-refractivity contribution is -0.193. The van der Waals surface area contributed by atoms with E-state index >= 15 is 0 Å². The van der Waals surface area contributed by atoms with Gasteiger partial charge in [0.25, 0.3) is 5.95 Å². The highest BCUT2D eigenvalue weighted by molar-refractivity contribution is 5.83. The summed E-state index contributed by atoms with van der Waals surface area (Å²) in [5, 5.41) is 27.9. The van der Waals surface area contributed by atoms with Gasteiger partial charge in [0.2, 0.25) is 5.89 Å². The lowest BCUT2D eigenvalue weighted by Gasteiger charge is -2.38. The molecule has 11 nitrogen and oxygen atoms in total. The van der Waals surface area contributed by atoms with Crippen molar-refractivity contribution in [3.05, 3.63) is 35.9 Å². The number of alkyl halides is 6. The highest BCUT2D eigenvalue weighted by Gasteiger charge is 2.39. The van der Waals surface area contributed by atoms with Gasteiger partial charge in [0, 0.05) is 17.3 Å². The fraction of sp³-hybridized carbons (Fsp3) is 0.560. The monoisotopic (exact) mass is 608 g/mol. The van der Waals surface area contributed by atoms with E-state index in [4.69, 9.17) is 34.4 Å². The third kappa shape index (κ3) is 8.64. The number of aryl methyl sites for hydroxylation is 1. The molecule has 1 aromatic carbocycles. The van der Waals surface area contributed by atoms with Crippen molar-refractivity contribution in [2.75, 3.05) is 26.2 Å². The molecule has 5 rings (SSSR count). The Balaban J connectivity index is 0.000000289. The molecule has 3 N–H and O–H groups in total. The number of benzene rings is 1. The number of fused-ring (bicyclic) bond motifs is 1. The summed E-state index contributed by atoms with van der Waals surface area (Å²) in [5.74, 6) is -3.85. The Hall–Kier alpha value is -3.73. The zero-order valence-corrected chi connectivity index (χ0v) is 22.5. The van der Waals surface area contributed by atoms with Crippen molar-refractivity contribution in [3.8, 4) is 5.95 Å². The maximum Gasteiger partial charge on any atom is 0.490 e. The number of nitrogens with zero attached hydrogens (tertiary/aromatic N) is 5. The maximum atomic E-state index is 10.6. The SMILES string of the molecule is CCc1nn(-c2noc(C3CCN(C4CCNCC4)CC3)n2)c2ccccc12.O=C(O)C(F)(F)F.O=C(O)C(F)(F)F. The van der Waals surface area contributed by atoms with Crippen molar-refractivity contribution >= 4 is 22.8 Å². The first-order valence-corrected chi connectivity index (χ1v) is 13.1. The molecule has 0 spiro atoms. The van der Waals surface area contributed by atoms with Gasteiger partial charge in [0.1, 0.15) is 0 Å². The highest BCUT2D eigenvalue weighted by Crippen LogP contribution is 2.30. The van der Waals surface area contributed by atoms with Gasteiger partial charge in [-0.2, -0.15) is 41.1 Å². The molecule has 0 amide bonds. The second-order valence-electron chi connectivity index (χ2n) is 9.56. The summed E-state index contributed by atoms with van der Waals surface area (Å²) in [6.45, 7) is 6.66. The molecular formula is C25H30F6N6O5. The van der Waals surface area contributed by atoms with Crippen LogP contribution < -0.4 is 5.32 Å². The molecule has 2 aliphatic rings. The fourth-order valence-corrected chi connectivity index (χ4v) is 4.71. The van der Waals surface area contributed by atoms with Crippen LogP contribution in [-0.4, -0.2) is 91.5 Å². The van der Waals surface area contributed by atoms with Crippen molar-refractivity contribution in [1.82, 2.24) is 30.1 Å². The minimum absolute atomic E-state index is 0.353. The second-order valence-corrected chi connectivity index (χ2v) is 9.56. The van der Waals surface area contributed by atoms with Gasteiger partial charge in [-0.05, 0) is 69.5 Å². The summed E-state index contributed by atoms with van der Waals surface area (Å²) < 4.78 is 71.0. The number of para-hydroxylation sites is 1. The number of hydrogen-bond acceptors (Lipinski definition) is 8. The molecule has 2 aromatic heterocycles. The van der Waals surface area contributed by atoms with E-state index in [1.165, 1.54) is 12.8 Å². The summed E-state index contributed by atoms with van der Waals surface area (Å²) in [7, 11) is 0. The van der Waals surface area contributed by atoms with Crippen molar-refractivity contribution in [2.45, 2.75) is 63.3 Å². The normalized spacial score (nSPS) is 17.2. The molecule has 4 heterocycles. The highest BCUT2D eigenvalue weighted by atomic mass is 19.4. The van der Waals surface area contributed by atoms with Crippen molar-refractivity contribution in [3.63, 3.8) is 0 Å². The number of likely N-dealkylation sites (tertiary alicyclic amines) is 1. The largest absolute Gasteiger partial charge is 0.490 e. The van der Waals surface area contributed by atoms with Crippen LogP contribution in [0.1, 0.15) is 50.1 Å². The van der Waals surface area contributed by atoms with Gasteiger partial charge >= 0.3 is 24.3 Å². The quantitative estimate of drug-likeness (QED) is 0.369. The van der Waals surface area contributed by atoms with Crippen LogP contribution in [0.25, 0.3) is 16.9 Å². The predicted molar refractivity (Wildman–Crippen MR) is 135 cm³/mol. The summed E-state index contributed by atoms with van der Waals surface area (Å²) >= 11 is 0. The molecule has 0 saturated carbocycles. The van der Waals surface area contributed by atoms with Crippen LogP contribution >= 0.6 is 0 Å². The number of aromatic nitrogens is 4. The molecular weight excluding hydrogens is 578 g/mol. The number of carbonyl (C=O) groups is 2. The summed E-state index contributed by atoms with van der Waals surface area (Å²) in [6, 6.07) is 8.98. The van der Waals surface area contributed by atoms with Gasteiger partial charge in [-0.3, -0.25) is 0 Å². The van der Waals surface area contributed by atoms with Gasteiger partial charge < -0.3 is 25.0 Å². The smallest absolute Gasteiger partial charge is 0.475 e. The van der Waals surface area contributed by atoms with Crippen LogP contribution in [0, 0.1) is 0 Å². The van der Waals surface area contributed by atoms with E-state index in [0.717, 1.165) is 74.0 Å². The first-order valence-electron chi connectivity index (χ1n) is 13.1. The van der Waals surface area contributed by atoms with Crippen molar-refractivity contribution < 1.29 is 50.7 Å². The number of nitrogens with one attached hydrogen (secondary N) is 1. The molecule has 0 aliphatic carbocycles. The zero-order valence-electron chi connectivity index (χ0n) is 22.5. The number of piperidine rings is 2. The Kier molecular flexibility index (Phi) is 10.9. The van der Waals surface area contributed by atoms with Crippen LogP contribution in [0.3, 0.4) is 0 Å². The number of carboxylic acid groups (broad SMARTS) is 2. The number of halogens is 6. The zero-order chi connectivity index (χ0) is 31.1. The molecule has 3 aromatic rings. The van der Waals surface area contributed by atoms with Gasteiger partial charge in [-0.15, -0.1) is 0 Å². The topological polar surface area (TPSA) is 147 Å². The van der Waals surface area contributed by atoms with Crippen LogP contribution in [0.15, 0.2) is 28.8 Å². The molecule has 17 heteroatoms. The predicted octanol–water partition coefficient (Wildman–Crippen LogP) is 4.17. The molecule has 0 atom stereocenters. The summed E-state index contributed by atoms with van der Waals surface area (Å²) in [4.78, 5) is 25.2. The first kappa shape index (κ1) is 32.8. The molecule has 42 heavy (non-hydrogen) atoms. The van der Waals surface area contributed by atoms with Gasteiger partial charge in [0.05, 0.1) is 11.2 Å². The Morgan fingerprint density at radius 1 is 0.976 bits per heavy atom. The van der Waals surface area contributed by atoms with E-state index in [2.05, 4.69) is 34.4 Å². The molecule has 232 valence electrons. The number of carboxylic acids is 2. The van der Waals surface area contributed by atoms with Gasteiger partial charge in [-0.1, -0.05) is 25.1 Å². The first-order chi connectivity index (χ1) is 19.7. The summed E-state index contributed by atoms with van der Waals surface area (Å²) in [6.07, 6.45) is -4.58. The average molecular weight is 609 g/mol.